The molecule has 1 heterocycles. The first-order chi connectivity index (χ1) is 15.3. The number of piperazine rings is 1. The van der Waals surface area contributed by atoms with E-state index in [4.69, 9.17) is 4.74 Å². The van der Waals surface area contributed by atoms with Crippen molar-refractivity contribution in [2.45, 2.75) is 58.5 Å². The van der Waals surface area contributed by atoms with Gasteiger partial charge in [0.05, 0.1) is 19.6 Å². The summed E-state index contributed by atoms with van der Waals surface area (Å²) in [5.41, 5.74) is 1.11. The lowest BCUT2D eigenvalue weighted by Crippen LogP contribution is -2.58. The van der Waals surface area contributed by atoms with Gasteiger partial charge in [-0.25, -0.2) is 0 Å². The van der Waals surface area contributed by atoms with Gasteiger partial charge in [-0.05, 0) is 38.0 Å². The van der Waals surface area contributed by atoms with Crippen LogP contribution >= 0.6 is 0 Å². The van der Waals surface area contributed by atoms with Crippen LogP contribution in [0.5, 0.6) is 0 Å². The molecule has 3 N–H and O–H groups in total. The minimum atomic E-state index is -0.889. The van der Waals surface area contributed by atoms with E-state index in [1.165, 1.54) is 4.90 Å². The quantitative estimate of drug-likeness (QED) is 0.352. The fourth-order valence-electron chi connectivity index (χ4n) is 3.22. The molecule has 0 bridgehead atoms. The van der Waals surface area contributed by atoms with Gasteiger partial charge in [-0.3, -0.25) is 19.2 Å². The zero-order valence-electron chi connectivity index (χ0n) is 19.1. The highest BCUT2D eigenvalue weighted by Crippen LogP contribution is 2.14. The Labute approximate surface area is 189 Å². The molecule has 2 unspecified atom stereocenters. The van der Waals surface area contributed by atoms with Crippen LogP contribution in [-0.2, 0) is 19.1 Å². The Morgan fingerprint density at radius 2 is 2.06 bits per heavy atom. The van der Waals surface area contributed by atoms with Gasteiger partial charge in [-0.1, -0.05) is 26.3 Å². The Hall–Kier alpha value is -3.10. The van der Waals surface area contributed by atoms with Crippen molar-refractivity contribution in [3.8, 4) is 0 Å². The minimum absolute atomic E-state index is 0.0644. The van der Waals surface area contributed by atoms with Crippen LogP contribution in [0.2, 0.25) is 0 Å². The number of anilines is 1. The van der Waals surface area contributed by atoms with Gasteiger partial charge in [-0.2, -0.15) is 0 Å². The predicted molar refractivity (Wildman–Crippen MR) is 121 cm³/mol. The van der Waals surface area contributed by atoms with Crippen LogP contribution in [0.1, 0.15) is 56.8 Å². The topological polar surface area (TPSA) is 117 Å². The maximum atomic E-state index is 12.8. The third-order valence-electron chi connectivity index (χ3n) is 5.33. The van der Waals surface area contributed by atoms with Gasteiger partial charge in [0.15, 0.2) is 0 Å². The Bertz CT molecular complexity index is 813. The fraction of sp³-hybridized carbons (Fsp3) is 0.565. The van der Waals surface area contributed by atoms with Gasteiger partial charge in [0.1, 0.15) is 6.04 Å². The Morgan fingerprint density at radius 1 is 1.28 bits per heavy atom. The van der Waals surface area contributed by atoms with Gasteiger partial charge in [0.2, 0.25) is 11.8 Å². The summed E-state index contributed by atoms with van der Waals surface area (Å²) in [6.45, 7) is 6.81. The second kappa shape index (κ2) is 12.7. The van der Waals surface area contributed by atoms with Gasteiger partial charge >= 0.3 is 5.97 Å². The normalized spacial score (nSPS) is 16.7. The van der Waals surface area contributed by atoms with Crippen LogP contribution in [0, 0.1) is 0 Å². The van der Waals surface area contributed by atoms with Crippen molar-refractivity contribution in [1.29, 1.82) is 0 Å². The molecule has 0 aromatic heterocycles. The summed E-state index contributed by atoms with van der Waals surface area (Å²) in [6, 6.07) is 6.06. The number of unbranched alkanes of at least 4 members (excludes halogenated alkanes) is 1. The molecule has 0 saturated carbocycles. The molecule has 176 valence electrons. The standard InChI is InChI=1S/C23H34N4O5/c1-4-6-12-32-21(29)14-19-23(31)24-10-11-27(19)20(28)15-25-18-9-7-8-17(13-18)22(30)26-16(3)5-2/h7-9,13,16,19,25H,4-6,10-12,14-15H2,1-3H3,(H,24,31)(H,26,30). The van der Waals surface area contributed by atoms with E-state index in [-0.39, 0.29) is 36.7 Å². The summed E-state index contributed by atoms with van der Waals surface area (Å²) in [5.74, 6) is -1.34. The number of carbonyl (C=O) groups excluding carboxylic acids is 4. The number of hydrogen-bond donors (Lipinski definition) is 3. The van der Waals surface area contributed by atoms with Crippen molar-refractivity contribution in [3.63, 3.8) is 0 Å². The first-order valence-corrected chi connectivity index (χ1v) is 11.2. The van der Waals surface area contributed by atoms with E-state index >= 15 is 0 Å². The molecule has 32 heavy (non-hydrogen) atoms. The number of amides is 3. The van der Waals surface area contributed by atoms with Crippen molar-refractivity contribution in [2.24, 2.45) is 0 Å². The first kappa shape index (κ1) is 25.2. The van der Waals surface area contributed by atoms with Gasteiger partial charge in [-0.15, -0.1) is 0 Å². The van der Waals surface area contributed by atoms with Crippen LogP contribution in [0.4, 0.5) is 5.69 Å². The highest BCUT2D eigenvalue weighted by atomic mass is 16.5. The maximum absolute atomic E-state index is 12.8. The summed E-state index contributed by atoms with van der Waals surface area (Å²) < 4.78 is 5.15. The molecule has 9 nitrogen and oxygen atoms in total. The van der Waals surface area contributed by atoms with Crippen LogP contribution < -0.4 is 16.0 Å². The second-order valence-corrected chi connectivity index (χ2v) is 7.89. The molecule has 1 aromatic rings. The summed E-state index contributed by atoms with van der Waals surface area (Å²) in [6.07, 6.45) is 2.30. The van der Waals surface area contributed by atoms with Crippen LogP contribution in [-0.4, -0.2) is 66.9 Å². The zero-order valence-corrected chi connectivity index (χ0v) is 19.1. The van der Waals surface area contributed by atoms with Crippen molar-refractivity contribution < 1.29 is 23.9 Å². The molecule has 2 rings (SSSR count). The summed E-state index contributed by atoms with van der Waals surface area (Å²) in [4.78, 5) is 50.9. The zero-order chi connectivity index (χ0) is 23.5. The molecule has 1 aliphatic heterocycles. The average Bonchev–Trinajstić information content (AvgIpc) is 2.79. The number of ether oxygens (including phenoxy) is 1. The van der Waals surface area contributed by atoms with E-state index in [9.17, 15) is 19.2 Å². The lowest BCUT2D eigenvalue weighted by Gasteiger charge is -2.34. The lowest BCUT2D eigenvalue weighted by molar-refractivity contribution is -0.151. The molecule has 1 saturated heterocycles. The number of esters is 1. The number of nitrogens with zero attached hydrogens (tertiary/aromatic N) is 1. The van der Waals surface area contributed by atoms with E-state index < -0.39 is 12.0 Å². The SMILES string of the molecule is CCCCOC(=O)CC1C(=O)NCCN1C(=O)CNc1cccc(C(=O)NC(C)CC)c1. The molecule has 0 radical (unpaired) electrons. The number of benzene rings is 1. The molecule has 9 heteroatoms. The van der Waals surface area contributed by atoms with E-state index in [2.05, 4.69) is 16.0 Å². The molecular weight excluding hydrogens is 412 g/mol. The van der Waals surface area contributed by atoms with Gasteiger partial charge in [0.25, 0.3) is 5.91 Å². The van der Waals surface area contributed by atoms with Crippen LogP contribution in [0.25, 0.3) is 0 Å². The van der Waals surface area contributed by atoms with E-state index in [0.717, 1.165) is 19.3 Å². The number of carbonyl (C=O) groups is 4. The highest BCUT2D eigenvalue weighted by molar-refractivity contribution is 5.96. The monoisotopic (exact) mass is 446 g/mol. The highest BCUT2D eigenvalue weighted by Gasteiger charge is 2.34. The van der Waals surface area contributed by atoms with E-state index in [0.29, 0.717) is 30.9 Å². The predicted octanol–water partition coefficient (Wildman–Crippen LogP) is 1.69. The molecular formula is C23H34N4O5. The largest absolute Gasteiger partial charge is 0.466 e. The fourth-order valence-corrected chi connectivity index (χ4v) is 3.22. The van der Waals surface area contributed by atoms with Crippen molar-refractivity contribution in [2.75, 3.05) is 31.6 Å². The lowest BCUT2D eigenvalue weighted by atomic mass is 10.1. The Morgan fingerprint density at radius 3 is 2.78 bits per heavy atom. The molecule has 1 aliphatic rings. The third-order valence-corrected chi connectivity index (χ3v) is 5.33. The molecule has 2 atom stereocenters. The molecule has 0 spiro atoms. The van der Waals surface area contributed by atoms with E-state index in [1.54, 1.807) is 24.3 Å². The molecule has 1 aromatic carbocycles. The third kappa shape index (κ3) is 7.55. The van der Waals surface area contributed by atoms with Crippen LogP contribution in [0.15, 0.2) is 24.3 Å². The average molecular weight is 447 g/mol. The van der Waals surface area contributed by atoms with Gasteiger partial charge in [0, 0.05) is 30.4 Å². The maximum Gasteiger partial charge on any atom is 0.308 e. The van der Waals surface area contributed by atoms with E-state index in [1.807, 2.05) is 20.8 Å². The smallest absolute Gasteiger partial charge is 0.308 e. The summed E-state index contributed by atoms with van der Waals surface area (Å²) >= 11 is 0. The van der Waals surface area contributed by atoms with Crippen molar-refractivity contribution in [3.05, 3.63) is 29.8 Å². The van der Waals surface area contributed by atoms with Crippen molar-refractivity contribution >= 4 is 29.4 Å². The summed E-state index contributed by atoms with van der Waals surface area (Å²) in [5, 5.41) is 8.62. The number of hydrogen-bond acceptors (Lipinski definition) is 6. The van der Waals surface area contributed by atoms with Gasteiger partial charge < -0.3 is 25.6 Å². The second-order valence-electron chi connectivity index (χ2n) is 7.89. The summed E-state index contributed by atoms with van der Waals surface area (Å²) in [7, 11) is 0. The number of nitrogens with one attached hydrogen (secondary N) is 3. The Kier molecular flexibility index (Phi) is 9.97. The van der Waals surface area contributed by atoms with Crippen molar-refractivity contribution in [1.82, 2.24) is 15.5 Å². The molecule has 1 fully saturated rings. The Balaban J connectivity index is 1.96. The number of rotatable bonds is 11. The molecule has 0 aliphatic carbocycles. The van der Waals surface area contributed by atoms with Crippen LogP contribution in [0.3, 0.4) is 0 Å². The minimum Gasteiger partial charge on any atom is -0.466 e. The first-order valence-electron chi connectivity index (χ1n) is 11.2. The molecule has 3 amide bonds.